The Balaban J connectivity index is 1.67. The maximum Gasteiger partial charge on any atom is 0.436 e. The zero-order valence-electron chi connectivity index (χ0n) is 37.2. The van der Waals surface area contributed by atoms with E-state index in [9.17, 15) is 34.1 Å². The molecule has 0 radical (unpaired) electrons. The molecule has 1 aromatic heterocycles. The summed E-state index contributed by atoms with van der Waals surface area (Å²) in [5.41, 5.74) is -0.276. The van der Waals surface area contributed by atoms with Crippen molar-refractivity contribution in [2.45, 2.75) is 125 Å². The smallest absolute Gasteiger partial charge is 0.436 e. The average Bonchev–Trinajstić information content (AvgIpc) is 3.50. The number of nitro benzene ring substituents is 1. The van der Waals surface area contributed by atoms with Crippen molar-refractivity contribution in [1.82, 2.24) is 24.9 Å². The van der Waals surface area contributed by atoms with Crippen molar-refractivity contribution in [1.29, 1.82) is 0 Å². The van der Waals surface area contributed by atoms with E-state index in [2.05, 4.69) is 15.4 Å². The molecule has 1 aliphatic rings. The summed E-state index contributed by atoms with van der Waals surface area (Å²) in [4.78, 5) is 84.2. The average molecular weight is 864 g/mol. The van der Waals surface area contributed by atoms with Gasteiger partial charge in [-0.25, -0.2) is 19.1 Å². The fraction of sp³-hybridized carbons (Fsp3) is 0.512. The SMILES string of the molecule is CCOC(=O)Cn1nc2c(c1OC)CN(C(=O)[C@H](Cc1ccc([N+](=O)[O-])cc1)NCc1ccc(C(=NC(=O)OC(C)(C)C)N(C(=O)OC(C)(C)C)C(=O)OC(C)(C)C)cc1)CC2. The molecule has 4 rings (SSSR count). The maximum absolute atomic E-state index is 14.4. The summed E-state index contributed by atoms with van der Waals surface area (Å²) in [5, 5.41) is 19.2. The molecule has 0 fully saturated rings. The monoisotopic (exact) mass is 863 g/mol. The Kier molecular flexibility index (Phi) is 15.6. The van der Waals surface area contributed by atoms with Crippen LogP contribution in [0.5, 0.6) is 5.88 Å². The predicted molar refractivity (Wildman–Crippen MR) is 225 cm³/mol. The van der Waals surface area contributed by atoms with Gasteiger partial charge < -0.3 is 33.9 Å². The van der Waals surface area contributed by atoms with Gasteiger partial charge in [0.2, 0.25) is 11.8 Å². The number of non-ortho nitro benzene ring substituents is 1. The lowest BCUT2D eigenvalue weighted by atomic mass is 10.0. The maximum atomic E-state index is 14.4. The standard InChI is InChI=1S/C43H57N7O12/c1-12-59-34(51)26-48-37(58-11)31-25-47(22-21-32(31)46-48)36(52)33(23-27-15-19-30(20-16-27)50(56)57)44-24-28-13-17-29(18-14-28)35(45-38(53)60-41(2,3)4)49(39(54)61-42(5,6)7)40(55)62-43(8,9)10/h13-20,33,44H,12,21-26H2,1-11H3/t33-/m0/s1. The van der Waals surface area contributed by atoms with E-state index in [0.717, 1.165) is 0 Å². The van der Waals surface area contributed by atoms with Crippen LogP contribution in [0, 0.1) is 10.1 Å². The summed E-state index contributed by atoms with van der Waals surface area (Å²) in [6.45, 7) is 17.0. The number of nitro groups is 1. The van der Waals surface area contributed by atoms with E-state index in [-0.39, 0.29) is 49.8 Å². The van der Waals surface area contributed by atoms with Crippen molar-refractivity contribution in [3.05, 3.63) is 86.6 Å². The lowest BCUT2D eigenvalue weighted by molar-refractivity contribution is -0.384. The summed E-state index contributed by atoms with van der Waals surface area (Å²) < 4.78 is 28.7. The number of hydrogen-bond donors (Lipinski definition) is 1. The second-order valence-electron chi connectivity index (χ2n) is 17.4. The van der Waals surface area contributed by atoms with Crippen molar-refractivity contribution in [3.8, 4) is 5.88 Å². The quantitative estimate of drug-likeness (QED) is 0.0513. The van der Waals surface area contributed by atoms with Gasteiger partial charge in [-0.15, -0.1) is 0 Å². The van der Waals surface area contributed by atoms with E-state index >= 15 is 0 Å². The zero-order chi connectivity index (χ0) is 46.2. The topological polar surface area (TPSA) is 223 Å². The third kappa shape index (κ3) is 13.8. The summed E-state index contributed by atoms with van der Waals surface area (Å²) in [6, 6.07) is 11.5. The molecule has 4 amide bonds. The fourth-order valence-corrected chi connectivity index (χ4v) is 6.20. The van der Waals surface area contributed by atoms with Crippen LogP contribution in [-0.4, -0.2) is 104 Å². The number of aromatic nitrogens is 2. The van der Waals surface area contributed by atoms with E-state index in [0.29, 0.717) is 46.1 Å². The minimum absolute atomic E-state index is 0.0911. The van der Waals surface area contributed by atoms with Crippen LogP contribution in [0.15, 0.2) is 53.5 Å². The molecule has 2 heterocycles. The van der Waals surface area contributed by atoms with E-state index in [4.69, 9.17) is 23.7 Å². The number of carbonyl (C=O) groups excluding carboxylic acids is 5. The second-order valence-corrected chi connectivity index (χ2v) is 17.4. The van der Waals surface area contributed by atoms with Crippen molar-refractivity contribution < 1.29 is 52.6 Å². The van der Waals surface area contributed by atoms with Crippen LogP contribution in [0.4, 0.5) is 20.1 Å². The number of fused-ring (bicyclic) bond motifs is 1. The number of nitrogens with zero attached hydrogens (tertiary/aromatic N) is 6. The number of nitrogens with one attached hydrogen (secondary N) is 1. The van der Waals surface area contributed by atoms with Gasteiger partial charge in [-0.05, 0) is 86.8 Å². The van der Waals surface area contributed by atoms with Crippen molar-refractivity contribution in [2.24, 2.45) is 4.99 Å². The van der Waals surface area contributed by atoms with Gasteiger partial charge in [0, 0.05) is 37.2 Å². The van der Waals surface area contributed by atoms with Crippen molar-refractivity contribution in [2.75, 3.05) is 20.3 Å². The predicted octanol–water partition coefficient (Wildman–Crippen LogP) is 6.50. The molecule has 0 saturated carbocycles. The first kappa shape index (κ1) is 48.3. The van der Waals surface area contributed by atoms with E-state index in [1.54, 1.807) is 111 Å². The number of ether oxygens (including phenoxy) is 5. The lowest BCUT2D eigenvalue weighted by Crippen LogP contribution is -2.49. The van der Waals surface area contributed by atoms with Gasteiger partial charge in [-0.1, -0.05) is 36.4 Å². The Hall–Kier alpha value is -6.37. The molecule has 1 atom stereocenters. The molecule has 19 nitrogen and oxygen atoms in total. The Morgan fingerprint density at radius 3 is 1.95 bits per heavy atom. The molecule has 1 aliphatic heterocycles. The summed E-state index contributed by atoms with van der Waals surface area (Å²) >= 11 is 0. The molecule has 0 bridgehead atoms. The van der Waals surface area contributed by atoms with Crippen LogP contribution < -0.4 is 10.1 Å². The first-order chi connectivity index (χ1) is 28.9. The Morgan fingerprint density at radius 2 is 1.44 bits per heavy atom. The number of aliphatic imine (C=N–C) groups is 1. The van der Waals surface area contributed by atoms with E-state index < -0.39 is 57.9 Å². The van der Waals surface area contributed by atoms with Gasteiger partial charge >= 0.3 is 24.2 Å². The van der Waals surface area contributed by atoms with Crippen LogP contribution in [0.25, 0.3) is 0 Å². The molecule has 19 heteroatoms. The molecule has 0 saturated heterocycles. The second kappa shape index (κ2) is 20.0. The van der Waals surface area contributed by atoms with Gasteiger partial charge in [0.05, 0.1) is 42.5 Å². The van der Waals surface area contributed by atoms with Crippen molar-refractivity contribution >= 4 is 41.7 Å². The van der Waals surface area contributed by atoms with Gasteiger partial charge in [-0.3, -0.25) is 19.7 Å². The van der Waals surface area contributed by atoms with E-state index in [1.165, 1.54) is 23.9 Å². The Morgan fingerprint density at radius 1 is 0.871 bits per heavy atom. The van der Waals surface area contributed by atoms with Gasteiger partial charge in [0.15, 0.2) is 5.84 Å². The minimum atomic E-state index is -1.14. The molecule has 0 unspecified atom stereocenters. The normalized spacial score (nSPS) is 13.7. The highest BCUT2D eigenvalue weighted by atomic mass is 16.6. The highest BCUT2D eigenvalue weighted by Gasteiger charge is 2.37. The number of rotatable bonds is 12. The molecular formula is C43H57N7O12. The van der Waals surface area contributed by atoms with Crippen LogP contribution in [-0.2, 0) is 61.0 Å². The summed E-state index contributed by atoms with van der Waals surface area (Å²) in [7, 11) is 1.46. The number of benzene rings is 2. The number of hydrogen-bond acceptors (Lipinski definition) is 14. The highest BCUT2D eigenvalue weighted by molar-refractivity contribution is 6.18. The minimum Gasteiger partial charge on any atom is -0.481 e. The molecule has 336 valence electrons. The third-order valence-corrected chi connectivity index (χ3v) is 8.74. The number of imide groups is 1. The summed E-state index contributed by atoms with van der Waals surface area (Å²) in [5.74, 6) is -0.798. The van der Waals surface area contributed by atoms with Crippen molar-refractivity contribution in [3.63, 3.8) is 0 Å². The first-order valence-electron chi connectivity index (χ1n) is 20.1. The fourth-order valence-electron chi connectivity index (χ4n) is 6.20. The van der Waals surface area contributed by atoms with Gasteiger partial charge in [-0.2, -0.15) is 15.0 Å². The lowest BCUT2D eigenvalue weighted by Gasteiger charge is -2.31. The zero-order valence-corrected chi connectivity index (χ0v) is 37.2. The third-order valence-electron chi connectivity index (χ3n) is 8.74. The molecule has 2 aromatic carbocycles. The number of esters is 1. The Labute approximate surface area is 360 Å². The molecule has 0 aliphatic carbocycles. The number of amidine groups is 1. The molecular weight excluding hydrogens is 807 g/mol. The van der Waals surface area contributed by atoms with Gasteiger partial charge in [0.25, 0.3) is 5.69 Å². The summed E-state index contributed by atoms with van der Waals surface area (Å²) in [6.07, 6.45) is -2.78. The molecule has 1 N–H and O–H groups in total. The molecule has 62 heavy (non-hydrogen) atoms. The molecule has 0 spiro atoms. The van der Waals surface area contributed by atoms with Crippen LogP contribution >= 0.6 is 0 Å². The van der Waals surface area contributed by atoms with E-state index in [1.807, 2.05) is 0 Å². The number of carbonyl (C=O) groups is 5. The van der Waals surface area contributed by atoms with Gasteiger partial charge in [0.1, 0.15) is 23.3 Å². The first-order valence-corrected chi connectivity index (χ1v) is 20.1. The highest BCUT2D eigenvalue weighted by Crippen LogP contribution is 2.29. The van der Waals surface area contributed by atoms with Crippen LogP contribution in [0.2, 0.25) is 0 Å². The number of methoxy groups -OCH3 is 1. The number of amides is 4. The van der Waals surface area contributed by atoms with Crippen LogP contribution in [0.1, 0.15) is 97.2 Å². The largest absolute Gasteiger partial charge is 0.481 e. The molecule has 3 aromatic rings. The Bertz CT molecular complexity index is 2120. The van der Waals surface area contributed by atoms with Crippen LogP contribution in [0.3, 0.4) is 0 Å².